The van der Waals surface area contributed by atoms with Crippen molar-refractivity contribution in [3.63, 3.8) is 0 Å². The second-order valence-corrected chi connectivity index (χ2v) is 38.3. The van der Waals surface area contributed by atoms with Crippen LogP contribution in [0.5, 0.6) is 0 Å². The molecule has 638 valence electrons. The predicted molar refractivity (Wildman–Crippen MR) is 415 cm³/mol. The lowest BCUT2D eigenvalue weighted by molar-refractivity contribution is -0.348. The number of fused-ring (bicyclic) bond motifs is 18. The Morgan fingerprint density at radius 1 is 0.419 bits per heavy atom. The van der Waals surface area contributed by atoms with Gasteiger partial charge in [0.1, 0.15) is 71.7 Å². The van der Waals surface area contributed by atoms with E-state index in [1.54, 1.807) is 140 Å². The smallest absolute Gasteiger partial charge is 0.338 e. The van der Waals surface area contributed by atoms with Crippen LogP contribution in [0.25, 0.3) is 0 Å². The zero-order valence-electron chi connectivity index (χ0n) is 69.8. The monoisotopic (exact) mass is 1630 g/mol. The first-order chi connectivity index (χ1) is 54.5. The minimum atomic E-state index is -1.94. The van der Waals surface area contributed by atoms with Gasteiger partial charge in [-0.25, -0.2) is 14.4 Å². The molecule has 27 heteroatoms. The van der Waals surface area contributed by atoms with Gasteiger partial charge in [0, 0.05) is 72.5 Å². The number of carbonyl (C=O) groups is 7. The molecule has 0 radical (unpaired) electrons. The van der Waals surface area contributed by atoms with E-state index in [0.29, 0.717) is 54.4 Å². The number of benzene rings is 3. The van der Waals surface area contributed by atoms with Crippen LogP contribution < -0.4 is 0 Å². The van der Waals surface area contributed by atoms with Crippen molar-refractivity contribution in [3.8, 4) is 0 Å². The highest BCUT2D eigenvalue weighted by molar-refractivity contribution is 5.94. The standard InChI is InChI=1S/C32H42O9.C29H38O9.C29H36O9/c1-17-20(34)15-32(36)26(38-27(35)19-11-9-8-10-12-19)24-30(7,14-13-21-31(24,16-37-21)39-18(2)33)25-23(22(17)28(32,3)4)40-29(5,6)41-25;2*1-15-18(31)13-29(35)24(37-25(34)17-9-7-6-8-10-17)22-27(5,23(33)21(32)20(15)26(29,3)4)12-11-19-28(22,14-36-19)38-16(2)30/h8-12,20-21,23-26,34,36H,13-16H2,1-7H3;6-10,18-19,21-24,31-33,35H,11-14H2,1-5H3;6-10,18-19,21-22,24,31-32,35H,11-14H2,1-5H3/t20-,21+,23+,24-,25+,26+,30+,31-,32+;18-,19+,21+,22-,23+,24+,27+,28-,29+;18-,19+,21+,22-,24+,27+,28-,29+/m000/s1. The van der Waals surface area contributed by atoms with E-state index >= 15 is 0 Å². The maximum atomic E-state index is 14.2. The van der Waals surface area contributed by atoms with Gasteiger partial charge in [-0.3, -0.25) is 19.2 Å². The Labute approximate surface area is 681 Å². The molecule has 4 aliphatic heterocycles. The first-order valence-corrected chi connectivity index (χ1v) is 41.0. The molecule has 0 amide bonds. The van der Waals surface area contributed by atoms with Crippen LogP contribution in [0, 0.1) is 50.2 Å². The Morgan fingerprint density at radius 3 is 1.12 bits per heavy atom. The molecule has 9 N–H and O–H groups in total. The van der Waals surface area contributed by atoms with Crippen molar-refractivity contribution >= 4 is 41.6 Å². The summed E-state index contributed by atoms with van der Waals surface area (Å²) in [5.41, 5.74) is -12.6. The summed E-state index contributed by atoms with van der Waals surface area (Å²) in [7, 11) is 0. The molecular formula is C90H116O27. The van der Waals surface area contributed by atoms with Crippen molar-refractivity contribution < 1.29 is 132 Å². The van der Waals surface area contributed by atoms with E-state index < -0.39 is 217 Å². The number of ketones is 1. The fourth-order valence-corrected chi connectivity index (χ4v) is 24.4. The molecule has 26 atom stereocenters. The molecule has 0 spiro atoms. The molecule has 0 unspecified atom stereocenters. The summed E-state index contributed by atoms with van der Waals surface area (Å²) < 4.78 is 67.9. The number of rotatable bonds is 9. The van der Waals surface area contributed by atoms with E-state index in [9.17, 15) is 79.5 Å². The quantitative estimate of drug-likeness (QED) is 0.0562. The third-order valence-electron chi connectivity index (χ3n) is 30.7. The fraction of sp³-hybridized carbons (Fsp3) is 0.656. The largest absolute Gasteiger partial charge is 0.455 e. The summed E-state index contributed by atoms with van der Waals surface area (Å²) in [6, 6.07) is 25.3. The summed E-state index contributed by atoms with van der Waals surface area (Å²) >= 11 is 0. The molecule has 10 fully saturated rings. The van der Waals surface area contributed by atoms with Gasteiger partial charge in [-0.2, -0.15) is 0 Å². The Kier molecular flexibility index (Phi) is 21.6. The number of ether oxygens (including phenoxy) is 11. The molecule has 13 aliphatic rings. The summed E-state index contributed by atoms with van der Waals surface area (Å²) in [4.78, 5) is 92.7. The minimum absolute atomic E-state index is 0.0134. The number of hydrogen-bond donors (Lipinski definition) is 9. The minimum Gasteiger partial charge on any atom is -0.455 e. The molecule has 0 aromatic heterocycles. The average molecular weight is 1630 g/mol. The average Bonchev–Trinajstić information content (AvgIpc) is 0.894. The van der Waals surface area contributed by atoms with E-state index in [1.807, 2.05) is 40.7 Å². The highest BCUT2D eigenvalue weighted by atomic mass is 16.8. The van der Waals surface area contributed by atoms with Gasteiger partial charge in [-0.15, -0.1) is 0 Å². The number of esters is 6. The molecular weight excluding hydrogens is 1510 g/mol. The normalized spacial score (nSPS) is 43.0. The topological polar surface area (TPSA) is 403 Å². The molecule has 9 aliphatic carbocycles. The summed E-state index contributed by atoms with van der Waals surface area (Å²) in [6.45, 7) is 29.0. The van der Waals surface area contributed by atoms with Crippen LogP contribution in [-0.4, -0.2) is 232 Å². The Hall–Kier alpha value is -7.19. The summed E-state index contributed by atoms with van der Waals surface area (Å²) in [6.07, 6.45) is -12.2. The molecule has 27 nitrogen and oxygen atoms in total. The van der Waals surface area contributed by atoms with Gasteiger partial charge in [0.25, 0.3) is 0 Å². The second kappa shape index (κ2) is 29.3. The van der Waals surface area contributed by atoms with Crippen molar-refractivity contribution in [2.24, 2.45) is 50.2 Å². The first-order valence-electron chi connectivity index (χ1n) is 41.0. The lowest BCUT2D eigenvalue weighted by atomic mass is 9.45. The van der Waals surface area contributed by atoms with E-state index in [4.69, 9.17) is 52.1 Å². The van der Waals surface area contributed by atoms with Gasteiger partial charge >= 0.3 is 35.8 Å². The summed E-state index contributed by atoms with van der Waals surface area (Å²) in [5, 5.41) is 107. The maximum Gasteiger partial charge on any atom is 0.338 e. The highest BCUT2D eigenvalue weighted by Gasteiger charge is 2.81. The molecule has 3 aromatic carbocycles. The number of aliphatic hydroxyl groups is 9. The van der Waals surface area contributed by atoms with Crippen LogP contribution >= 0.6 is 0 Å². The molecule has 6 bridgehead atoms. The molecule has 3 aromatic rings. The lowest BCUT2D eigenvalue weighted by Gasteiger charge is -2.68. The van der Waals surface area contributed by atoms with Gasteiger partial charge in [0.05, 0.1) is 84.8 Å². The molecule has 16 rings (SSSR count). The third-order valence-corrected chi connectivity index (χ3v) is 30.7. The number of Topliss-reactive ketones (excluding diaryl/α,β-unsaturated/α-hetero) is 1. The van der Waals surface area contributed by atoms with E-state index in [0.717, 1.165) is 11.1 Å². The van der Waals surface area contributed by atoms with Crippen LogP contribution in [-0.2, 0) is 71.3 Å². The van der Waals surface area contributed by atoms with Crippen molar-refractivity contribution in [1.82, 2.24) is 0 Å². The van der Waals surface area contributed by atoms with Gasteiger partial charge in [-0.05, 0) is 143 Å². The molecule has 6 saturated carbocycles. The van der Waals surface area contributed by atoms with E-state index in [2.05, 4.69) is 6.92 Å². The van der Waals surface area contributed by atoms with Crippen molar-refractivity contribution in [3.05, 3.63) is 141 Å². The third kappa shape index (κ3) is 12.8. The Morgan fingerprint density at radius 2 is 0.744 bits per heavy atom. The summed E-state index contributed by atoms with van der Waals surface area (Å²) in [5.74, 6) is -7.92. The highest BCUT2D eigenvalue weighted by Crippen LogP contribution is 2.70. The van der Waals surface area contributed by atoms with Crippen LogP contribution in [0.2, 0.25) is 0 Å². The maximum absolute atomic E-state index is 14.2. The van der Waals surface area contributed by atoms with Crippen LogP contribution in [0.1, 0.15) is 207 Å². The Balaban J connectivity index is 0.000000145. The zero-order chi connectivity index (χ0) is 85.4. The number of carbonyl (C=O) groups excluding carboxylic acids is 7. The lowest BCUT2D eigenvalue weighted by Crippen LogP contribution is -2.80. The molecule has 4 heterocycles. The van der Waals surface area contributed by atoms with E-state index in [-0.39, 0.29) is 62.2 Å². The van der Waals surface area contributed by atoms with E-state index in [1.165, 1.54) is 20.8 Å². The molecule has 4 saturated heterocycles. The van der Waals surface area contributed by atoms with Crippen LogP contribution in [0.4, 0.5) is 0 Å². The molecule has 117 heavy (non-hydrogen) atoms. The SMILES string of the molecule is CC(=O)O[C@@]12CO[C@@H]1CC[C@@]1(C)C(=O)[C@H](O)C3=C(C)[C@@H](O)C[C@@](O)([C@H](OC(=O)c4ccccc4)[C@H]21)C3(C)C.CC(=O)O[C@@]12CO[C@@H]1CC[C@@]1(C)[C@@H]3OC(C)(C)O[C@@H]3C3=C(C)[C@@H](O)C[C@@](O)([C@H](OC(=O)c4ccccc4)[C@@H]12)C3(C)C.CC(=O)O[C@@]12CO[C@@H]1CC[C@@]1(C)[C@H](O)[C@H](O)C3=C(C)[C@@H](O)C[C@@](O)([C@H](OC(=O)c4ccccc4)[C@@H]12)C3(C)C. The zero-order valence-corrected chi connectivity index (χ0v) is 69.8. The van der Waals surface area contributed by atoms with Crippen LogP contribution in [0.15, 0.2) is 124 Å². The van der Waals surface area contributed by atoms with Crippen molar-refractivity contribution in [2.45, 2.75) is 300 Å². The number of aliphatic hydroxyl groups excluding tert-OH is 6. The first kappa shape index (κ1) is 86.2. The fourth-order valence-electron chi connectivity index (χ4n) is 24.4. The van der Waals surface area contributed by atoms with Gasteiger partial charge < -0.3 is 98.1 Å². The van der Waals surface area contributed by atoms with Gasteiger partial charge in [0.15, 0.2) is 28.4 Å². The van der Waals surface area contributed by atoms with Crippen LogP contribution in [0.3, 0.4) is 0 Å². The second-order valence-electron chi connectivity index (χ2n) is 38.3. The predicted octanol–water partition coefficient (Wildman–Crippen LogP) is 7.71. The van der Waals surface area contributed by atoms with Gasteiger partial charge in [0.2, 0.25) is 0 Å². The number of hydrogen-bond acceptors (Lipinski definition) is 27. The van der Waals surface area contributed by atoms with Crippen molar-refractivity contribution in [2.75, 3.05) is 19.8 Å². The van der Waals surface area contributed by atoms with Gasteiger partial charge in [-0.1, -0.05) is 117 Å². The van der Waals surface area contributed by atoms with Crippen molar-refractivity contribution in [1.29, 1.82) is 0 Å². The Bertz CT molecular complexity index is 4550.